The van der Waals surface area contributed by atoms with Crippen molar-refractivity contribution in [2.45, 2.75) is 12.8 Å². The zero-order chi connectivity index (χ0) is 11.0. The van der Waals surface area contributed by atoms with Crippen LogP contribution in [-0.4, -0.2) is 9.55 Å². The molecular formula is C14H14N2. The fraction of sp³-hybridized carbons (Fsp3) is 0.214. The van der Waals surface area contributed by atoms with Crippen molar-refractivity contribution in [1.29, 1.82) is 0 Å². The average Bonchev–Trinajstić information content (AvgIpc) is 2.87. The van der Waals surface area contributed by atoms with Crippen LogP contribution < -0.4 is 0 Å². The summed E-state index contributed by atoms with van der Waals surface area (Å²) in [6.45, 7) is 0. The van der Waals surface area contributed by atoms with Crippen LogP contribution in [0.5, 0.6) is 0 Å². The Kier molecular flexibility index (Phi) is 2.13. The third kappa shape index (κ3) is 1.56. The molecule has 1 aromatic heterocycles. The molecule has 1 aliphatic carbocycles. The van der Waals surface area contributed by atoms with E-state index in [1.807, 2.05) is 24.1 Å². The Morgan fingerprint density at radius 1 is 1.25 bits per heavy atom. The minimum absolute atomic E-state index is 1.05. The van der Waals surface area contributed by atoms with Crippen molar-refractivity contribution in [2.24, 2.45) is 7.05 Å². The monoisotopic (exact) mass is 210 g/mol. The van der Waals surface area contributed by atoms with Gasteiger partial charge in [0.05, 0.1) is 12.0 Å². The first-order chi connectivity index (χ1) is 7.83. The quantitative estimate of drug-likeness (QED) is 0.707. The first kappa shape index (κ1) is 9.40. The van der Waals surface area contributed by atoms with Gasteiger partial charge in [-0.25, -0.2) is 4.98 Å². The molecule has 2 nitrogen and oxygen atoms in total. The molecule has 2 heteroatoms. The summed E-state index contributed by atoms with van der Waals surface area (Å²) in [7, 11) is 2.00. The van der Waals surface area contributed by atoms with Crippen LogP contribution in [0, 0.1) is 0 Å². The van der Waals surface area contributed by atoms with E-state index in [4.69, 9.17) is 0 Å². The van der Waals surface area contributed by atoms with E-state index in [1.54, 1.807) is 0 Å². The number of nitrogens with zero attached hydrogens (tertiary/aromatic N) is 2. The highest BCUT2D eigenvalue weighted by atomic mass is 15.0. The minimum atomic E-state index is 1.05. The number of benzene rings is 1. The highest BCUT2D eigenvalue weighted by molar-refractivity contribution is 5.84. The van der Waals surface area contributed by atoms with Crippen LogP contribution in [0.1, 0.15) is 23.2 Å². The highest BCUT2D eigenvalue weighted by Crippen LogP contribution is 2.32. The lowest BCUT2D eigenvalue weighted by Gasteiger charge is -1.98. The first-order valence-corrected chi connectivity index (χ1v) is 5.60. The molecule has 0 unspecified atom stereocenters. The number of hydrogen-bond donors (Lipinski definition) is 0. The van der Waals surface area contributed by atoms with Gasteiger partial charge in [0.15, 0.2) is 0 Å². The molecule has 0 N–H and O–H groups in total. The van der Waals surface area contributed by atoms with Crippen molar-refractivity contribution in [1.82, 2.24) is 9.55 Å². The van der Waals surface area contributed by atoms with Crippen molar-refractivity contribution in [3.63, 3.8) is 0 Å². The molecular weight excluding hydrogens is 196 g/mol. The van der Waals surface area contributed by atoms with E-state index in [0.29, 0.717) is 0 Å². The van der Waals surface area contributed by atoms with E-state index in [1.165, 1.54) is 16.7 Å². The summed E-state index contributed by atoms with van der Waals surface area (Å²) in [4.78, 5) is 4.34. The van der Waals surface area contributed by atoms with Crippen LogP contribution in [0.2, 0.25) is 0 Å². The van der Waals surface area contributed by atoms with Gasteiger partial charge in [-0.2, -0.15) is 0 Å². The first-order valence-electron chi connectivity index (χ1n) is 5.60. The molecule has 1 heterocycles. The molecule has 3 rings (SSSR count). The molecule has 0 saturated carbocycles. The van der Waals surface area contributed by atoms with Crippen molar-refractivity contribution in [3.05, 3.63) is 53.6 Å². The molecule has 1 aliphatic rings. The standard InChI is InChI=1S/C14H14N2/c1-16-9-13(15-10-16)8-12-7-6-11-4-2-3-5-14(11)12/h2-5,8-10H,6-7H2,1H3/b12-8+. The SMILES string of the molecule is Cn1cnc(/C=C2\CCc3ccccc32)c1. The van der Waals surface area contributed by atoms with Gasteiger partial charge in [0, 0.05) is 13.2 Å². The Hall–Kier alpha value is -1.83. The number of imidazole rings is 1. The topological polar surface area (TPSA) is 17.8 Å². The van der Waals surface area contributed by atoms with Gasteiger partial charge in [0.1, 0.15) is 0 Å². The predicted molar refractivity (Wildman–Crippen MR) is 65.8 cm³/mol. The second-order valence-corrected chi connectivity index (χ2v) is 4.29. The molecule has 1 aromatic carbocycles. The van der Waals surface area contributed by atoms with E-state index in [0.717, 1.165) is 18.5 Å². The van der Waals surface area contributed by atoms with Gasteiger partial charge in [-0.1, -0.05) is 24.3 Å². The van der Waals surface area contributed by atoms with Gasteiger partial charge in [-0.3, -0.25) is 0 Å². The van der Waals surface area contributed by atoms with Crippen molar-refractivity contribution >= 4 is 11.6 Å². The Balaban J connectivity index is 2.01. The van der Waals surface area contributed by atoms with Gasteiger partial charge in [0.25, 0.3) is 0 Å². The predicted octanol–water partition coefficient (Wildman–Crippen LogP) is 2.91. The largest absolute Gasteiger partial charge is 0.340 e. The van der Waals surface area contributed by atoms with Crippen LogP contribution in [0.25, 0.3) is 11.6 Å². The Labute approximate surface area is 95.3 Å². The van der Waals surface area contributed by atoms with E-state index in [-0.39, 0.29) is 0 Å². The van der Waals surface area contributed by atoms with Gasteiger partial charge < -0.3 is 4.57 Å². The van der Waals surface area contributed by atoms with E-state index in [2.05, 4.69) is 35.3 Å². The van der Waals surface area contributed by atoms with Crippen LogP contribution >= 0.6 is 0 Å². The minimum Gasteiger partial charge on any atom is -0.340 e. The van der Waals surface area contributed by atoms with Crippen molar-refractivity contribution in [3.8, 4) is 0 Å². The smallest absolute Gasteiger partial charge is 0.0950 e. The van der Waals surface area contributed by atoms with Gasteiger partial charge >= 0.3 is 0 Å². The van der Waals surface area contributed by atoms with Gasteiger partial charge in [-0.15, -0.1) is 0 Å². The number of aryl methyl sites for hydroxylation is 2. The maximum Gasteiger partial charge on any atom is 0.0950 e. The maximum absolute atomic E-state index is 4.34. The van der Waals surface area contributed by atoms with E-state index >= 15 is 0 Å². The Bertz CT molecular complexity index is 549. The van der Waals surface area contributed by atoms with Gasteiger partial charge in [0.2, 0.25) is 0 Å². The molecule has 0 radical (unpaired) electrons. The fourth-order valence-corrected chi connectivity index (χ4v) is 2.29. The number of hydrogen-bond acceptors (Lipinski definition) is 1. The molecule has 0 bridgehead atoms. The lowest BCUT2D eigenvalue weighted by molar-refractivity contribution is 0.913. The number of allylic oxidation sites excluding steroid dienone is 1. The summed E-state index contributed by atoms with van der Waals surface area (Å²) in [5, 5.41) is 0. The van der Waals surface area contributed by atoms with E-state index in [9.17, 15) is 0 Å². The summed E-state index contributed by atoms with van der Waals surface area (Å²) in [5.74, 6) is 0. The Morgan fingerprint density at radius 2 is 2.12 bits per heavy atom. The van der Waals surface area contributed by atoms with Crippen LogP contribution in [-0.2, 0) is 13.5 Å². The summed E-state index contributed by atoms with van der Waals surface area (Å²) in [6, 6.07) is 8.64. The molecule has 16 heavy (non-hydrogen) atoms. The van der Waals surface area contributed by atoms with E-state index < -0.39 is 0 Å². The number of fused-ring (bicyclic) bond motifs is 1. The lowest BCUT2D eigenvalue weighted by atomic mass is 10.1. The fourth-order valence-electron chi connectivity index (χ4n) is 2.29. The maximum atomic E-state index is 4.34. The summed E-state index contributed by atoms with van der Waals surface area (Å²) >= 11 is 0. The van der Waals surface area contributed by atoms with Crippen LogP contribution in [0.15, 0.2) is 36.8 Å². The summed E-state index contributed by atoms with van der Waals surface area (Å²) < 4.78 is 1.98. The second kappa shape index (κ2) is 3.63. The number of aromatic nitrogens is 2. The lowest BCUT2D eigenvalue weighted by Crippen LogP contribution is -1.80. The second-order valence-electron chi connectivity index (χ2n) is 4.29. The highest BCUT2D eigenvalue weighted by Gasteiger charge is 2.15. The molecule has 2 aromatic rings. The van der Waals surface area contributed by atoms with Crippen molar-refractivity contribution in [2.75, 3.05) is 0 Å². The molecule has 0 aliphatic heterocycles. The molecule has 80 valence electrons. The van der Waals surface area contributed by atoms with Crippen molar-refractivity contribution < 1.29 is 0 Å². The van der Waals surface area contributed by atoms with Gasteiger partial charge in [-0.05, 0) is 35.6 Å². The normalized spacial score (nSPS) is 16.7. The van der Waals surface area contributed by atoms with Crippen LogP contribution in [0.4, 0.5) is 0 Å². The zero-order valence-electron chi connectivity index (χ0n) is 9.35. The number of rotatable bonds is 1. The molecule has 0 spiro atoms. The summed E-state index contributed by atoms with van der Waals surface area (Å²) in [6.07, 6.45) is 8.39. The molecule has 0 atom stereocenters. The summed E-state index contributed by atoms with van der Waals surface area (Å²) in [5.41, 5.74) is 5.32. The Morgan fingerprint density at radius 3 is 2.94 bits per heavy atom. The molecule has 0 saturated heterocycles. The molecule has 0 amide bonds. The average molecular weight is 210 g/mol. The zero-order valence-corrected chi connectivity index (χ0v) is 9.35. The molecule has 0 fully saturated rings. The van der Waals surface area contributed by atoms with Crippen LogP contribution in [0.3, 0.4) is 0 Å². The third-order valence-corrected chi connectivity index (χ3v) is 3.07. The third-order valence-electron chi connectivity index (χ3n) is 3.07.